The van der Waals surface area contributed by atoms with Crippen molar-refractivity contribution >= 4 is 35.1 Å². The average Bonchev–Trinajstić information content (AvgIpc) is 2.83. The number of Topliss-reactive ketones (excluding diaryl/α,β-unsaturated/α-hetero) is 1. The molecule has 0 aliphatic carbocycles. The molecule has 0 fully saturated rings. The number of aliphatic imine (C=N–C) groups is 1. The van der Waals surface area contributed by atoms with Crippen LogP contribution in [0.3, 0.4) is 0 Å². The van der Waals surface area contributed by atoms with Crippen LogP contribution >= 0.6 is 11.6 Å². The monoisotopic (exact) mass is 539 g/mol. The molecule has 2 aromatic carbocycles. The lowest BCUT2D eigenvalue weighted by atomic mass is 9.86. The minimum atomic E-state index is -0.737. The number of carbonyl (C=O) groups excluding carboxylic acids is 3. The standard InChI is InChI=1S/C30H38ClN3O4/c1-19(2)38-28(36)26-20(3)33-29(37)34(27(26)22-9-7-10-24(31)17-22)16-8-15-32-18-25(35)21-11-13-23(14-12-21)30(4,5)6/h7,9-14,17,19,26-27,32H,8,15-16,18H2,1-6H3. The van der Waals surface area contributed by atoms with Crippen LogP contribution in [0.5, 0.6) is 0 Å². The lowest BCUT2D eigenvalue weighted by Gasteiger charge is -2.39. The molecule has 0 aromatic heterocycles. The topological polar surface area (TPSA) is 88.1 Å². The number of esters is 1. The van der Waals surface area contributed by atoms with Crippen molar-refractivity contribution < 1.29 is 19.1 Å². The molecule has 0 saturated carbocycles. The van der Waals surface area contributed by atoms with Crippen molar-refractivity contribution in [3.63, 3.8) is 0 Å². The molecule has 0 bridgehead atoms. The van der Waals surface area contributed by atoms with Crippen LogP contribution < -0.4 is 5.32 Å². The largest absolute Gasteiger partial charge is 0.462 e. The number of hydrogen-bond donors (Lipinski definition) is 1. The molecule has 38 heavy (non-hydrogen) atoms. The Bertz CT molecular complexity index is 1180. The third kappa shape index (κ3) is 7.51. The minimum absolute atomic E-state index is 0.00744. The van der Waals surface area contributed by atoms with E-state index in [2.05, 4.69) is 31.1 Å². The van der Waals surface area contributed by atoms with Gasteiger partial charge in [0.05, 0.1) is 18.7 Å². The van der Waals surface area contributed by atoms with Crippen LogP contribution in [0.4, 0.5) is 4.79 Å². The zero-order valence-corrected chi connectivity index (χ0v) is 23.8. The number of ketones is 1. The van der Waals surface area contributed by atoms with E-state index in [9.17, 15) is 14.4 Å². The van der Waals surface area contributed by atoms with Crippen molar-refractivity contribution in [2.24, 2.45) is 10.9 Å². The lowest BCUT2D eigenvalue weighted by molar-refractivity contribution is -0.151. The van der Waals surface area contributed by atoms with Gasteiger partial charge in [-0.25, -0.2) is 9.79 Å². The second-order valence-corrected chi connectivity index (χ2v) is 11.4. The van der Waals surface area contributed by atoms with Crippen LogP contribution in [0.1, 0.15) is 75.5 Å². The Morgan fingerprint density at radius 3 is 2.42 bits per heavy atom. The second-order valence-electron chi connectivity index (χ2n) is 11.0. The molecule has 0 saturated heterocycles. The number of benzene rings is 2. The molecule has 7 nitrogen and oxygen atoms in total. The van der Waals surface area contributed by atoms with E-state index in [-0.39, 0.29) is 23.8 Å². The summed E-state index contributed by atoms with van der Waals surface area (Å²) < 4.78 is 5.52. The molecule has 2 aromatic rings. The van der Waals surface area contributed by atoms with Crippen molar-refractivity contribution in [3.8, 4) is 0 Å². The maximum atomic E-state index is 13.1. The smallest absolute Gasteiger partial charge is 0.344 e. The first-order chi connectivity index (χ1) is 17.9. The van der Waals surface area contributed by atoms with Crippen LogP contribution in [0.2, 0.25) is 5.02 Å². The van der Waals surface area contributed by atoms with Crippen LogP contribution in [0, 0.1) is 5.92 Å². The van der Waals surface area contributed by atoms with Gasteiger partial charge in [0.25, 0.3) is 0 Å². The first-order valence-electron chi connectivity index (χ1n) is 13.0. The van der Waals surface area contributed by atoms with E-state index in [4.69, 9.17) is 16.3 Å². The summed E-state index contributed by atoms with van der Waals surface area (Å²) in [6.45, 7) is 12.7. The number of hydrogen-bond acceptors (Lipinski definition) is 5. The molecule has 8 heteroatoms. The number of urea groups is 1. The zero-order chi connectivity index (χ0) is 28.0. The molecule has 0 spiro atoms. The van der Waals surface area contributed by atoms with Gasteiger partial charge < -0.3 is 15.0 Å². The number of halogens is 1. The summed E-state index contributed by atoms with van der Waals surface area (Å²) in [5, 5.41) is 3.69. The van der Waals surface area contributed by atoms with Crippen molar-refractivity contribution in [1.82, 2.24) is 10.2 Å². The number of rotatable bonds is 10. The van der Waals surface area contributed by atoms with Crippen LogP contribution in [-0.2, 0) is 14.9 Å². The maximum Gasteiger partial charge on any atom is 0.344 e. The molecule has 1 heterocycles. The van der Waals surface area contributed by atoms with E-state index in [1.807, 2.05) is 30.3 Å². The first-order valence-corrected chi connectivity index (χ1v) is 13.4. The summed E-state index contributed by atoms with van der Waals surface area (Å²) in [4.78, 5) is 44.5. The molecule has 0 radical (unpaired) electrons. The minimum Gasteiger partial charge on any atom is -0.462 e. The van der Waals surface area contributed by atoms with Gasteiger partial charge in [-0.05, 0) is 62.4 Å². The van der Waals surface area contributed by atoms with E-state index >= 15 is 0 Å². The van der Waals surface area contributed by atoms with Gasteiger partial charge >= 0.3 is 12.0 Å². The first kappa shape index (κ1) is 29.5. The predicted octanol–water partition coefficient (Wildman–Crippen LogP) is 6.01. The fourth-order valence-electron chi connectivity index (χ4n) is 4.55. The van der Waals surface area contributed by atoms with E-state index in [0.29, 0.717) is 35.8 Å². The molecular weight excluding hydrogens is 502 g/mol. The quantitative estimate of drug-likeness (QED) is 0.227. The van der Waals surface area contributed by atoms with Gasteiger partial charge in [-0.3, -0.25) is 9.59 Å². The van der Waals surface area contributed by atoms with E-state index < -0.39 is 24.0 Å². The van der Waals surface area contributed by atoms with Gasteiger partial charge in [-0.15, -0.1) is 0 Å². The highest BCUT2D eigenvalue weighted by atomic mass is 35.5. The van der Waals surface area contributed by atoms with Crippen molar-refractivity contribution in [1.29, 1.82) is 0 Å². The Balaban J connectivity index is 1.67. The average molecular weight is 540 g/mol. The highest BCUT2D eigenvalue weighted by Gasteiger charge is 2.43. The molecule has 2 unspecified atom stereocenters. The zero-order valence-electron chi connectivity index (χ0n) is 23.1. The van der Waals surface area contributed by atoms with Crippen LogP contribution in [0.25, 0.3) is 0 Å². The number of amides is 2. The van der Waals surface area contributed by atoms with E-state index in [0.717, 1.165) is 5.56 Å². The fourth-order valence-corrected chi connectivity index (χ4v) is 4.75. The molecule has 1 N–H and O–H groups in total. The van der Waals surface area contributed by atoms with Gasteiger partial charge in [0.15, 0.2) is 5.78 Å². The Morgan fingerprint density at radius 1 is 1.13 bits per heavy atom. The third-order valence-corrected chi connectivity index (χ3v) is 6.76. The van der Waals surface area contributed by atoms with Gasteiger partial charge in [-0.2, -0.15) is 0 Å². The molecule has 1 aliphatic rings. The summed E-state index contributed by atoms with van der Waals surface area (Å²) in [5.41, 5.74) is 3.03. The molecule has 1 aliphatic heterocycles. The van der Waals surface area contributed by atoms with E-state index in [1.54, 1.807) is 43.9 Å². The SMILES string of the molecule is CC1=NC(=O)N(CCCNCC(=O)c2ccc(C(C)(C)C)cc2)C(c2cccc(Cl)c2)C1C(=O)OC(C)C. The lowest BCUT2D eigenvalue weighted by Crippen LogP contribution is -2.48. The van der Waals surface area contributed by atoms with Crippen molar-refractivity contribution in [3.05, 3.63) is 70.2 Å². The number of nitrogens with one attached hydrogen (secondary N) is 1. The molecule has 2 amide bonds. The van der Waals surface area contributed by atoms with Crippen LogP contribution in [0.15, 0.2) is 53.5 Å². The summed E-state index contributed by atoms with van der Waals surface area (Å²) in [5.74, 6) is -1.16. The second kappa shape index (κ2) is 12.7. The van der Waals surface area contributed by atoms with Gasteiger partial charge in [0.2, 0.25) is 0 Å². The predicted molar refractivity (Wildman–Crippen MR) is 151 cm³/mol. The van der Waals surface area contributed by atoms with Crippen molar-refractivity contribution in [2.75, 3.05) is 19.6 Å². The molecular formula is C30H38ClN3O4. The molecule has 2 atom stereocenters. The normalized spacial score (nSPS) is 17.9. The van der Waals surface area contributed by atoms with Gasteiger partial charge in [0, 0.05) is 22.8 Å². The van der Waals surface area contributed by atoms with Gasteiger partial charge in [-0.1, -0.05) is 68.8 Å². The molecule has 204 valence electrons. The Labute approximate surface area is 230 Å². The number of carbonyl (C=O) groups is 3. The summed E-state index contributed by atoms with van der Waals surface area (Å²) >= 11 is 6.26. The van der Waals surface area contributed by atoms with Crippen molar-refractivity contribution in [2.45, 2.75) is 65.5 Å². The maximum absolute atomic E-state index is 13.1. The summed E-state index contributed by atoms with van der Waals surface area (Å²) in [6.07, 6.45) is 0.271. The Hall–Kier alpha value is -3.03. The van der Waals surface area contributed by atoms with Gasteiger partial charge in [0.1, 0.15) is 5.92 Å². The highest BCUT2D eigenvalue weighted by Crippen LogP contribution is 2.36. The summed E-state index contributed by atoms with van der Waals surface area (Å²) in [7, 11) is 0. The fraction of sp³-hybridized carbons (Fsp3) is 0.467. The summed E-state index contributed by atoms with van der Waals surface area (Å²) in [6, 6.07) is 13.9. The number of ether oxygens (including phenoxy) is 1. The Kier molecular flexibility index (Phi) is 9.85. The third-order valence-electron chi connectivity index (χ3n) is 6.53. The highest BCUT2D eigenvalue weighted by molar-refractivity contribution is 6.30. The van der Waals surface area contributed by atoms with Crippen LogP contribution in [-0.4, -0.2) is 54.1 Å². The number of nitrogens with zero attached hydrogens (tertiary/aromatic N) is 2. The van der Waals surface area contributed by atoms with E-state index in [1.165, 1.54) is 5.56 Å². The Morgan fingerprint density at radius 2 is 1.82 bits per heavy atom. The molecule has 3 rings (SSSR count).